The lowest BCUT2D eigenvalue weighted by atomic mass is 10.2. The third-order valence-electron chi connectivity index (χ3n) is 3.68. The maximum absolute atomic E-state index is 12.7. The highest BCUT2D eigenvalue weighted by atomic mass is 79.9. The molecule has 0 saturated heterocycles. The van der Waals surface area contributed by atoms with E-state index in [1.165, 1.54) is 25.1 Å². The molecule has 0 spiro atoms. The van der Waals surface area contributed by atoms with Crippen molar-refractivity contribution >= 4 is 32.9 Å². The van der Waals surface area contributed by atoms with E-state index in [2.05, 4.69) is 15.9 Å². The summed E-state index contributed by atoms with van der Waals surface area (Å²) < 4.78 is 17.6. The van der Waals surface area contributed by atoms with Crippen LogP contribution in [0.3, 0.4) is 0 Å². The van der Waals surface area contributed by atoms with Crippen LogP contribution in [0, 0.1) is 6.92 Å². The molecule has 1 N–H and O–H groups in total. The maximum Gasteiger partial charge on any atom is 0.344 e. The molecule has 1 aromatic heterocycles. The summed E-state index contributed by atoms with van der Waals surface area (Å²) in [4.78, 5) is 23.6. The zero-order valence-corrected chi connectivity index (χ0v) is 15.6. The Morgan fingerprint density at radius 2 is 1.81 bits per heavy atom. The Morgan fingerprint density at radius 3 is 2.46 bits per heavy atom. The molecule has 3 aromatic rings. The Kier molecular flexibility index (Phi) is 4.99. The fourth-order valence-corrected chi connectivity index (χ4v) is 2.60. The molecule has 26 heavy (non-hydrogen) atoms. The van der Waals surface area contributed by atoms with Crippen molar-refractivity contribution in [2.45, 2.75) is 20.0 Å². The van der Waals surface area contributed by atoms with E-state index in [1.54, 1.807) is 31.2 Å². The van der Waals surface area contributed by atoms with Gasteiger partial charge < -0.3 is 19.0 Å². The molecule has 3 rings (SSSR count). The second kappa shape index (κ2) is 7.21. The minimum absolute atomic E-state index is 0.104. The molecule has 1 heterocycles. The SMILES string of the molecule is Cc1oc2cc(O[C@H](C)C(=O)O)ccc2c(=O)c1Oc1ccc(Br)cc1. The van der Waals surface area contributed by atoms with Crippen molar-refractivity contribution in [1.29, 1.82) is 0 Å². The van der Waals surface area contributed by atoms with Crippen molar-refractivity contribution in [3.63, 3.8) is 0 Å². The van der Waals surface area contributed by atoms with Crippen LogP contribution in [0.5, 0.6) is 17.2 Å². The molecule has 0 radical (unpaired) electrons. The number of benzene rings is 2. The van der Waals surface area contributed by atoms with E-state index in [1.807, 2.05) is 0 Å². The summed E-state index contributed by atoms with van der Waals surface area (Å²) in [6.45, 7) is 3.05. The molecule has 0 aliphatic carbocycles. The lowest BCUT2D eigenvalue weighted by Crippen LogP contribution is -2.22. The first-order chi connectivity index (χ1) is 12.3. The number of halogens is 1. The van der Waals surface area contributed by atoms with Crippen LogP contribution in [0.1, 0.15) is 12.7 Å². The molecule has 0 aliphatic heterocycles. The van der Waals surface area contributed by atoms with Crippen LogP contribution in [-0.4, -0.2) is 17.2 Å². The molecule has 0 unspecified atom stereocenters. The Balaban J connectivity index is 1.98. The Bertz CT molecular complexity index is 1020. The van der Waals surface area contributed by atoms with Gasteiger partial charge in [0.25, 0.3) is 0 Å². The number of carbonyl (C=O) groups is 1. The predicted molar refractivity (Wildman–Crippen MR) is 99.2 cm³/mol. The lowest BCUT2D eigenvalue weighted by molar-refractivity contribution is -0.144. The highest BCUT2D eigenvalue weighted by molar-refractivity contribution is 9.10. The van der Waals surface area contributed by atoms with Crippen LogP contribution in [0.15, 0.2) is 56.1 Å². The molecule has 6 nitrogen and oxygen atoms in total. The monoisotopic (exact) mass is 418 g/mol. The van der Waals surface area contributed by atoms with Gasteiger partial charge in [-0.15, -0.1) is 0 Å². The summed E-state index contributed by atoms with van der Waals surface area (Å²) in [7, 11) is 0. The normalized spacial score (nSPS) is 12.0. The predicted octanol–water partition coefficient (Wildman–Crippen LogP) is 4.51. The zero-order valence-electron chi connectivity index (χ0n) is 14.0. The molecule has 7 heteroatoms. The van der Waals surface area contributed by atoms with Crippen molar-refractivity contribution in [3.8, 4) is 17.2 Å². The van der Waals surface area contributed by atoms with Crippen molar-refractivity contribution in [2.24, 2.45) is 0 Å². The van der Waals surface area contributed by atoms with Crippen molar-refractivity contribution in [2.75, 3.05) is 0 Å². The topological polar surface area (TPSA) is 86.0 Å². The van der Waals surface area contributed by atoms with E-state index in [9.17, 15) is 9.59 Å². The van der Waals surface area contributed by atoms with E-state index >= 15 is 0 Å². The van der Waals surface area contributed by atoms with E-state index < -0.39 is 12.1 Å². The molecule has 134 valence electrons. The average molecular weight is 419 g/mol. The number of hydrogen-bond acceptors (Lipinski definition) is 5. The first kappa shape index (κ1) is 18.0. The van der Waals surface area contributed by atoms with Crippen LogP contribution in [0.25, 0.3) is 11.0 Å². The van der Waals surface area contributed by atoms with Gasteiger partial charge >= 0.3 is 5.97 Å². The van der Waals surface area contributed by atoms with Crippen LogP contribution in [0.4, 0.5) is 0 Å². The molecule has 0 aliphatic rings. The number of aryl methyl sites for hydroxylation is 1. The quantitative estimate of drug-likeness (QED) is 0.655. The number of rotatable bonds is 5. The Hall–Kier alpha value is -2.80. The highest BCUT2D eigenvalue weighted by Crippen LogP contribution is 2.28. The molecule has 0 saturated carbocycles. The minimum atomic E-state index is -1.08. The van der Waals surface area contributed by atoms with Gasteiger partial charge in [0.2, 0.25) is 11.2 Å². The van der Waals surface area contributed by atoms with Gasteiger partial charge in [-0.3, -0.25) is 4.79 Å². The first-order valence-corrected chi connectivity index (χ1v) is 8.55. The lowest BCUT2D eigenvalue weighted by Gasteiger charge is -2.12. The minimum Gasteiger partial charge on any atom is -0.479 e. The number of carboxylic acids is 1. The van der Waals surface area contributed by atoms with Crippen LogP contribution in [-0.2, 0) is 4.79 Å². The number of aliphatic carboxylic acids is 1. The standard InChI is InChI=1S/C19H15BrO6/c1-10-18(26-13-5-3-12(20)4-6-13)17(21)15-8-7-14(9-16(15)25-10)24-11(2)19(22)23/h3-9,11H,1-2H3,(H,22,23)/t11-/m1/s1. The molecule has 0 bridgehead atoms. The maximum atomic E-state index is 12.7. The van der Waals surface area contributed by atoms with E-state index in [-0.39, 0.29) is 11.2 Å². The Morgan fingerprint density at radius 1 is 1.15 bits per heavy atom. The first-order valence-electron chi connectivity index (χ1n) is 7.75. The largest absolute Gasteiger partial charge is 0.479 e. The number of ether oxygens (including phenoxy) is 2. The number of carboxylic acid groups (broad SMARTS) is 1. The van der Waals surface area contributed by atoms with E-state index in [0.717, 1.165) is 4.47 Å². The third-order valence-corrected chi connectivity index (χ3v) is 4.21. The van der Waals surface area contributed by atoms with Crippen molar-refractivity contribution < 1.29 is 23.8 Å². The number of fused-ring (bicyclic) bond motifs is 1. The summed E-state index contributed by atoms with van der Waals surface area (Å²) in [5.74, 6) is 0.150. The molecular weight excluding hydrogens is 404 g/mol. The second-order valence-corrected chi connectivity index (χ2v) is 6.54. The molecular formula is C19H15BrO6. The van der Waals surface area contributed by atoms with Crippen molar-refractivity contribution in [3.05, 3.63) is 62.9 Å². The molecule has 0 amide bonds. The summed E-state index contributed by atoms with van der Waals surface area (Å²) in [5.41, 5.74) is -0.0183. The van der Waals surface area contributed by atoms with Crippen LogP contribution < -0.4 is 14.9 Å². The van der Waals surface area contributed by atoms with Gasteiger partial charge in [-0.25, -0.2) is 4.79 Å². The van der Waals surface area contributed by atoms with E-state index in [4.69, 9.17) is 19.0 Å². The van der Waals surface area contributed by atoms with Gasteiger partial charge in [-0.1, -0.05) is 15.9 Å². The molecule has 0 fully saturated rings. The van der Waals surface area contributed by atoms with Gasteiger partial charge in [0, 0.05) is 10.5 Å². The fraction of sp³-hybridized carbons (Fsp3) is 0.158. The third kappa shape index (κ3) is 3.72. The molecule has 1 atom stereocenters. The van der Waals surface area contributed by atoms with Gasteiger partial charge in [0.05, 0.1) is 5.39 Å². The summed E-state index contributed by atoms with van der Waals surface area (Å²) in [6, 6.07) is 11.6. The van der Waals surface area contributed by atoms with Crippen LogP contribution >= 0.6 is 15.9 Å². The smallest absolute Gasteiger partial charge is 0.344 e. The van der Waals surface area contributed by atoms with Gasteiger partial charge in [0.1, 0.15) is 22.8 Å². The van der Waals surface area contributed by atoms with E-state index in [0.29, 0.717) is 28.2 Å². The molecule has 2 aromatic carbocycles. The second-order valence-electron chi connectivity index (χ2n) is 5.63. The average Bonchev–Trinajstić information content (AvgIpc) is 2.60. The highest BCUT2D eigenvalue weighted by Gasteiger charge is 2.16. The number of hydrogen-bond donors (Lipinski definition) is 1. The van der Waals surface area contributed by atoms with Crippen molar-refractivity contribution in [1.82, 2.24) is 0 Å². The summed E-state index contributed by atoms with van der Waals surface area (Å²) in [5, 5.41) is 9.24. The fourth-order valence-electron chi connectivity index (χ4n) is 2.33. The van der Waals surface area contributed by atoms with Crippen LogP contribution in [0.2, 0.25) is 0 Å². The van der Waals surface area contributed by atoms with Gasteiger partial charge in [0.15, 0.2) is 6.10 Å². The summed E-state index contributed by atoms with van der Waals surface area (Å²) in [6.07, 6.45) is -1.01. The zero-order chi connectivity index (χ0) is 18.8. The summed E-state index contributed by atoms with van der Waals surface area (Å²) >= 11 is 3.34. The Labute approximate surface area is 157 Å². The van der Waals surface area contributed by atoms with Gasteiger partial charge in [-0.2, -0.15) is 0 Å². The van der Waals surface area contributed by atoms with Gasteiger partial charge in [-0.05, 0) is 50.2 Å².